The molecule has 1 unspecified atom stereocenters. The first-order chi connectivity index (χ1) is 12.1. The Hall–Kier alpha value is -2.85. The summed E-state index contributed by atoms with van der Waals surface area (Å²) >= 11 is 0. The van der Waals surface area contributed by atoms with Crippen LogP contribution in [0.2, 0.25) is 0 Å². The summed E-state index contributed by atoms with van der Waals surface area (Å²) in [5.41, 5.74) is 2.24. The number of carbonyl (C=O) groups is 1. The van der Waals surface area contributed by atoms with Crippen molar-refractivity contribution in [1.29, 1.82) is 0 Å². The number of rotatable bonds is 5. The zero-order valence-corrected chi connectivity index (χ0v) is 14.3. The fraction of sp³-hybridized carbons (Fsp3) is 0.190. The number of ether oxygens (including phenoxy) is 1. The minimum atomic E-state index is -0.288. The first kappa shape index (κ1) is 17.0. The molecule has 0 saturated heterocycles. The van der Waals surface area contributed by atoms with Crippen LogP contribution in [0.15, 0.2) is 60.7 Å². The maximum Gasteiger partial charge on any atom is 0.231 e. The number of fused-ring (bicyclic) bond motifs is 1. The zero-order valence-electron chi connectivity index (χ0n) is 14.3. The maximum absolute atomic E-state index is 12.6. The fourth-order valence-corrected chi connectivity index (χ4v) is 2.86. The van der Waals surface area contributed by atoms with E-state index in [4.69, 9.17) is 4.74 Å². The Bertz CT molecular complexity index is 905. The van der Waals surface area contributed by atoms with Crippen LogP contribution < -0.4 is 10.1 Å². The molecule has 25 heavy (non-hydrogen) atoms. The molecule has 0 aliphatic heterocycles. The van der Waals surface area contributed by atoms with Crippen LogP contribution in [0.4, 0.5) is 5.69 Å². The molecule has 4 heteroatoms. The van der Waals surface area contributed by atoms with Gasteiger partial charge in [-0.2, -0.15) is 0 Å². The molecule has 0 bridgehead atoms. The third kappa shape index (κ3) is 3.64. The Morgan fingerprint density at radius 2 is 1.84 bits per heavy atom. The maximum atomic E-state index is 12.6. The van der Waals surface area contributed by atoms with E-state index in [-0.39, 0.29) is 18.4 Å². The molecule has 4 nitrogen and oxygen atoms in total. The van der Waals surface area contributed by atoms with Crippen molar-refractivity contribution in [3.63, 3.8) is 0 Å². The van der Waals surface area contributed by atoms with Crippen LogP contribution in [0, 0.1) is 0 Å². The largest absolute Gasteiger partial charge is 0.496 e. The van der Waals surface area contributed by atoms with E-state index in [2.05, 4.69) is 11.4 Å². The lowest BCUT2D eigenvalue weighted by molar-refractivity contribution is -0.117. The van der Waals surface area contributed by atoms with E-state index in [1.54, 1.807) is 25.3 Å². The minimum absolute atomic E-state index is 0.0932. The van der Waals surface area contributed by atoms with Crippen LogP contribution in [0.1, 0.15) is 24.0 Å². The van der Waals surface area contributed by atoms with Crippen LogP contribution in [0.3, 0.4) is 0 Å². The Labute approximate surface area is 147 Å². The molecule has 0 aliphatic carbocycles. The van der Waals surface area contributed by atoms with Crippen molar-refractivity contribution in [2.24, 2.45) is 0 Å². The molecule has 0 fully saturated rings. The summed E-state index contributed by atoms with van der Waals surface area (Å²) in [6.45, 7) is 1.74. The van der Waals surface area contributed by atoms with Crippen molar-refractivity contribution in [3.8, 4) is 5.75 Å². The van der Waals surface area contributed by atoms with Gasteiger partial charge in [-0.15, -0.1) is 0 Å². The Morgan fingerprint density at radius 1 is 1.08 bits per heavy atom. The SMILES string of the molecule is COc1ccc(NC(=O)C(C)c2ccc3ccccc3c2)cc1CO. The third-order valence-electron chi connectivity index (χ3n) is 4.39. The monoisotopic (exact) mass is 335 g/mol. The van der Waals surface area contributed by atoms with E-state index in [9.17, 15) is 9.90 Å². The van der Waals surface area contributed by atoms with Crippen LogP contribution in [0.5, 0.6) is 5.75 Å². The van der Waals surface area contributed by atoms with E-state index in [0.29, 0.717) is 17.0 Å². The number of aliphatic hydroxyl groups is 1. The van der Waals surface area contributed by atoms with Crippen molar-refractivity contribution in [2.45, 2.75) is 19.4 Å². The van der Waals surface area contributed by atoms with Crippen LogP contribution >= 0.6 is 0 Å². The number of hydrogen-bond acceptors (Lipinski definition) is 3. The van der Waals surface area contributed by atoms with Crippen molar-refractivity contribution in [2.75, 3.05) is 12.4 Å². The lowest BCUT2D eigenvalue weighted by Gasteiger charge is -2.15. The molecule has 2 N–H and O–H groups in total. The summed E-state index contributed by atoms with van der Waals surface area (Å²) in [7, 11) is 1.55. The average molecular weight is 335 g/mol. The summed E-state index contributed by atoms with van der Waals surface area (Å²) in [6, 6.07) is 19.4. The molecule has 0 aliphatic rings. The Morgan fingerprint density at radius 3 is 2.56 bits per heavy atom. The highest BCUT2D eigenvalue weighted by molar-refractivity contribution is 5.96. The number of anilines is 1. The van der Waals surface area contributed by atoms with E-state index >= 15 is 0 Å². The quantitative estimate of drug-likeness (QED) is 0.738. The van der Waals surface area contributed by atoms with Crippen molar-refractivity contribution in [3.05, 3.63) is 71.8 Å². The molecular weight excluding hydrogens is 314 g/mol. The summed E-state index contributed by atoms with van der Waals surface area (Å²) < 4.78 is 5.18. The summed E-state index contributed by atoms with van der Waals surface area (Å²) in [5.74, 6) is 0.219. The smallest absolute Gasteiger partial charge is 0.231 e. The minimum Gasteiger partial charge on any atom is -0.496 e. The fourth-order valence-electron chi connectivity index (χ4n) is 2.86. The normalized spacial score (nSPS) is 12.0. The first-order valence-corrected chi connectivity index (χ1v) is 8.19. The molecule has 1 atom stereocenters. The van der Waals surface area contributed by atoms with Crippen LogP contribution in [-0.2, 0) is 11.4 Å². The number of benzene rings is 3. The highest BCUT2D eigenvalue weighted by Gasteiger charge is 2.16. The van der Waals surface area contributed by atoms with Gasteiger partial charge in [-0.3, -0.25) is 4.79 Å². The number of hydrogen-bond donors (Lipinski definition) is 2. The molecule has 0 spiro atoms. The second-order valence-electron chi connectivity index (χ2n) is 6.00. The molecule has 0 saturated carbocycles. The zero-order chi connectivity index (χ0) is 17.8. The van der Waals surface area contributed by atoms with Gasteiger partial charge in [0.05, 0.1) is 19.6 Å². The van der Waals surface area contributed by atoms with Crippen molar-refractivity contribution < 1.29 is 14.6 Å². The van der Waals surface area contributed by atoms with Gasteiger partial charge in [0.1, 0.15) is 5.75 Å². The van der Waals surface area contributed by atoms with E-state index in [1.165, 1.54) is 0 Å². The molecule has 128 valence electrons. The highest BCUT2D eigenvalue weighted by atomic mass is 16.5. The van der Waals surface area contributed by atoms with Gasteiger partial charge in [0.2, 0.25) is 5.91 Å². The van der Waals surface area contributed by atoms with Crippen molar-refractivity contribution in [1.82, 2.24) is 0 Å². The number of methoxy groups -OCH3 is 1. The number of aliphatic hydroxyl groups excluding tert-OH is 1. The number of carbonyl (C=O) groups excluding carboxylic acids is 1. The van der Waals surface area contributed by atoms with Gasteiger partial charge in [0.15, 0.2) is 0 Å². The van der Waals surface area contributed by atoms with E-state index in [1.807, 2.05) is 43.3 Å². The predicted octanol–water partition coefficient (Wildman–Crippen LogP) is 4.08. The predicted molar refractivity (Wildman–Crippen MR) is 99.9 cm³/mol. The summed E-state index contributed by atoms with van der Waals surface area (Å²) in [6.07, 6.45) is 0. The molecule has 1 amide bonds. The Balaban J connectivity index is 1.79. The number of nitrogens with one attached hydrogen (secondary N) is 1. The standard InChI is InChI=1S/C21H21NO3/c1-14(16-8-7-15-5-3-4-6-17(15)11-16)21(24)22-19-9-10-20(25-2)18(12-19)13-23/h3-12,14,23H,13H2,1-2H3,(H,22,24). The van der Waals surface area contributed by atoms with Gasteiger partial charge in [-0.05, 0) is 41.5 Å². The van der Waals surface area contributed by atoms with E-state index < -0.39 is 0 Å². The molecular formula is C21H21NO3. The molecule has 0 heterocycles. The topological polar surface area (TPSA) is 58.6 Å². The Kier molecular flexibility index (Phi) is 5.00. The van der Waals surface area contributed by atoms with Gasteiger partial charge >= 0.3 is 0 Å². The summed E-state index contributed by atoms with van der Waals surface area (Å²) in [4.78, 5) is 12.6. The molecule has 3 aromatic rings. The van der Waals surface area contributed by atoms with Crippen molar-refractivity contribution >= 4 is 22.4 Å². The molecule has 3 rings (SSSR count). The molecule has 0 aromatic heterocycles. The van der Waals surface area contributed by atoms with Gasteiger partial charge < -0.3 is 15.2 Å². The lowest BCUT2D eigenvalue weighted by atomic mass is 9.97. The van der Waals surface area contributed by atoms with E-state index in [0.717, 1.165) is 16.3 Å². The number of amides is 1. The average Bonchev–Trinajstić information content (AvgIpc) is 2.66. The lowest BCUT2D eigenvalue weighted by Crippen LogP contribution is -2.19. The third-order valence-corrected chi connectivity index (χ3v) is 4.39. The van der Waals surface area contributed by atoms with Gasteiger partial charge in [0.25, 0.3) is 0 Å². The highest BCUT2D eigenvalue weighted by Crippen LogP contribution is 2.25. The van der Waals surface area contributed by atoms with Gasteiger partial charge in [0, 0.05) is 11.3 Å². The molecule has 3 aromatic carbocycles. The molecule has 0 radical (unpaired) electrons. The second-order valence-corrected chi connectivity index (χ2v) is 6.00. The van der Waals surface area contributed by atoms with Crippen LogP contribution in [0.25, 0.3) is 10.8 Å². The first-order valence-electron chi connectivity index (χ1n) is 8.19. The summed E-state index contributed by atoms with van der Waals surface area (Å²) in [5, 5.41) is 14.6. The van der Waals surface area contributed by atoms with Crippen LogP contribution in [-0.4, -0.2) is 18.1 Å². The van der Waals surface area contributed by atoms with Gasteiger partial charge in [-0.25, -0.2) is 0 Å². The second kappa shape index (κ2) is 7.36. The van der Waals surface area contributed by atoms with Gasteiger partial charge in [-0.1, -0.05) is 42.5 Å².